The summed E-state index contributed by atoms with van der Waals surface area (Å²) in [6, 6.07) is 0.582. The fraction of sp³-hybridized carbons (Fsp3) is 0.615. The molecule has 18 heavy (non-hydrogen) atoms. The second-order valence-corrected chi connectivity index (χ2v) is 5.47. The smallest absolute Gasteiger partial charge is 0.159 e. The number of aromatic nitrogens is 4. The van der Waals surface area contributed by atoms with Gasteiger partial charge in [-0.3, -0.25) is 4.68 Å². The maximum absolute atomic E-state index is 4.74. The van der Waals surface area contributed by atoms with Crippen molar-refractivity contribution in [3.05, 3.63) is 11.5 Å². The third-order valence-corrected chi connectivity index (χ3v) is 3.50. The van der Waals surface area contributed by atoms with E-state index in [-0.39, 0.29) is 0 Å². The minimum atomic E-state index is 0.336. The Morgan fingerprint density at radius 1 is 1.28 bits per heavy atom. The lowest BCUT2D eigenvalue weighted by Gasteiger charge is -2.10. The van der Waals surface area contributed by atoms with Crippen LogP contribution < -0.4 is 4.90 Å². The van der Waals surface area contributed by atoms with Gasteiger partial charge in [0.1, 0.15) is 16.9 Å². The first-order chi connectivity index (χ1) is 8.49. The standard InChI is InChI=1S/C13H19N5/c1-7(2)12-14-10-9(4)16-17(5)11(10)13(15-12)18-6-8(18)3/h7-8H,6H2,1-5H3. The molecule has 5 heteroatoms. The van der Waals surface area contributed by atoms with Gasteiger partial charge in [-0.2, -0.15) is 5.10 Å². The number of nitrogens with zero attached hydrogens (tertiary/aromatic N) is 5. The fourth-order valence-electron chi connectivity index (χ4n) is 2.32. The molecule has 1 fully saturated rings. The molecule has 3 rings (SSSR count). The van der Waals surface area contributed by atoms with Crippen molar-refractivity contribution in [1.29, 1.82) is 0 Å². The van der Waals surface area contributed by atoms with Crippen LogP contribution in [-0.2, 0) is 7.05 Å². The molecule has 3 heterocycles. The summed E-state index contributed by atoms with van der Waals surface area (Å²) in [5.41, 5.74) is 3.03. The summed E-state index contributed by atoms with van der Waals surface area (Å²) in [7, 11) is 1.96. The first-order valence-corrected chi connectivity index (χ1v) is 6.47. The van der Waals surface area contributed by atoms with Crippen LogP contribution in [0.2, 0.25) is 0 Å². The summed E-state index contributed by atoms with van der Waals surface area (Å²) < 4.78 is 1.90. The topological polar surface area (TPSA) is 46.6 Å². The van der Waals surface area contributed by atoms with Crippen molar-refractivity contribution >= 4 is 16.9 Å². The van der Waals surface area contributed by atoms with Gasteiger partial charge in [0.15, 0.2) is 5.82 Å². The normalized spacial score (nSPS) is 19.0. The molecule has 1 atom stereocenters. The van der Waals surface area contributed by atoms with Crippen LogP contribution >= 0.6 is 0 Å². The molecular weight excluding hydrogens is 226 g/mol. The van der Waals surface area contributed by atoms with Crippen LogP contribution in [0, 0.1) is 6.92 Å². The van der Waals surface area contributed by atoms with E-state index in [1.807, 2.05) is 18.7 Å². The Balaban J connectivity index is 2.29. The Morgan fingerprint density at radius 2 is 1.94 bits per heavy atom. The molecule has 0 aromatic carbocycles. The quantitative estimate of drug-likeness (QED) is 0.759. The summed E-state index contributed by atoms with van der Waals surface area (Å²) in [5.74, 6) is 2.29. The van der Waals surface area contributed by atoms with Gasteiger partial charge >= 0.3 is 0 Å². The largest absolute Gasteiger partial charge is 0.348 e. The first-order valence-electron chi connectivity index (χ1n) is 6.47. The molecule has 0 amide bonds. The monoisotopic (exact) mass is 245 g/mol. The molecule has 2 aromatic heterocycles. The average Bonchev–Trinajstić information content (AvgIpc) is 2.96. The van der Waals surface area contributed by atoms with Gasteiger partial charge < -0.3 is 4.90 Å². The van der Waals surface area contributed by atoms with Crippen LogP contribution in [0.15, 0.2) is 0 Å². The van der Waals surface area contributed by atoms with Crippen molar-refractivity contribution < 1.29 is 0 Å². The van der Waals surface area contributed by atoms with Gasteiger partial charge in [0, 0.05) is 25.6 Å². The van der Waals surface area contributed by atoms with Crippen LogP contribution in [0.1, 0.15) is 38.2 Å². The molecule has 96 valence electrons. The number of hydrogen-bond acceptors (Lipinski definition) is 4. The molecule has 1 unspecified atom stereocenters. The van der Waals surface area contributed by atoms with Gasteiger partial charge in [0.25, 0.3) is 0 Å². The van der Waals surface area contributed by atoms with E-state index in [0.29, 0.717) is 12.0 Å². The Bertz CT molecular complexity index is 613. The molecule has 5 nitrogen and oxygen atoms in total. The zero-order valence-corrected chi connectivity index (χ0v) is 11.6. The van der Waals surface area contributed by atoms with Crippen molar-refractivity contribution in [1.82, 2.24) is 19.7 Å². The lowest BCUT2D eigenvalue weighted by atomic mass is 10.2. The van der Waals surface area contributed by atoms with Crippen molar-refractivity contribution in [2.75, 3.05) is 11.4 Å². The highest BCUT2D eigenvalue weighted by molar-refractivity contribution is 5.89. The number of hydrogen-bond donors (Lipinski definition) is 0. The van der Waals surface area contributed by atoms with Gasteiger partial charge in [0.05, 0.1) is 5.69 Å². The molecule has 1 saturated heterocycles. The number of fused-ring (bicyclic) bond motifs is 1. The van der Waals surface area contributed by atoms with Crippen LogP contribution in [0.25, 0.3) is 11.0 Å². The molecular formula is C13H19N5. The molecule has 0 aliphatic carbocycles. The molecule has 0 radical (unpaired) electrons. The highest BCUT2D eigenvalue weighted by atomic mass is 15.4. The van der Waals surface area contributed by atoms with E-state index in [9.17, 15) is 0 Å². The number of rotatable bonds is 2. The SMILES string of the molecule is Cc1nn(C)c2c(N3CC3C)nc(C(C)C)nc12. The summed E-state index contributed by atoms with van der Waals surface area (Å²) in [6.07, 6.45) is 0. The zero-order chi connectivity index (χ0) is 13.0. The average molecular weight is 245 g/mol. The molecule has 1 aliphatic rings. The lowest BCUT2D eigenvalue weighted by molar-refractivity contribution is 0.770. The maximum Gasteiger partial charge on any atom is 0.159 e. The Labute approximate surface area is 107 Å². The molecule has 0 bridgehead atoms. The van der Waals surface area contributed by atoms with Gasteiger partial charge in [-0.25, -0.2) is 9.97 Å². The summed E-state index contributed by atoms with van der Waals surface area (Å²) in [6.45, 7) is 9.56. The van der Waals surface area contributed by atoms with Gasteiger partial charge in [-0.15, -0.1) is 0 Å². The summed E-state index contributed by atoms with van der Waals surface area (Å²) in [4.78, 5) is 11.7. The zero-order valence-electron chi connectivity index (χ0n) is 11.6. The number of anilines is 1. The molecule has 0 spiro atoms. The van der Waals surface area contributed by atoms with E-state index in [0.717, 1.165) is 34.9 Å². The third-order valence-electron chi connectivity index (χ3n) is 3.50. The van der Waals surface area contributed by atoms with E-state index in [1.54, 1.807) is 0 Å². The Hall–Kier alpha value is -1.65. The van der Waals surface area contributed by atoms with Crippen LogP contribution in [0.5, 0.6) is 0 Å². The third kappa shape index (κ3) is 1.57. The van der Waals surface area contributed by atoms with E-state index < -0.39 is 0 Å². The second kappa shape index (κ2) is 3.67. The Kier molecular flexibility index (Phi) is 2.33. The summed E-state index contributed by atoms with van der Waals surface area (Å²) in [5, 5.41) is 4.47. The van der Waals surface area contributed by atoms with Crippen molar-refractivity contribution in [2.24, 2.45) is 7.05 Å². The predicted octanol–water partition coefficient (Wildman–Crippen LogP) is 2.00. The number of aryl methyl sites for hydroxylation is 2. The van der Waals surface area contributed by atoms with E-state index in [1.165, 1.54) is 0 Å². The second-order valence-electron chi connectivity index (χ2n) is 5.47. The van der Waals surface area contributed by atoms with E-state index in [4.69, 9.17) is 4.98 Å². The maximum atomic E-state index is 4.74. The molecule has 2 aromatic rings. The van der Waals surface area contributed by atoms with Crippen molar-refractivity contribution in [3.8, 4) is 0 Å². The van der Waals surface area contributed by atoms with Gasteiger partial charge in [0.2, 0.25) is 0 Å². The molecule has 0 saturated carbocycles. The highest BCUT2D eigenvalue weighted by Gasteiger charge is 2.34. The fourth-order valence-corrected chi connectivity index (χ4v) is 2.32. The van der Waals surface area contributed by atoms with Gasteiger partial charge in [-0.1, -0.05) is 13.8 Å². The minimum Gasteiger partial charge on any atom is -0.348 e. The minimum absolute atomic E-state index is 0.336. The molecule has 1 aliphatic heterocycles. The van der Waals surface area contributed by atoms with Crippen molar-refractivity contribution in [3.63, 3.8) is 0 Å². The molecule has 0 N–H and O–H groups in total. The van der Waals surface area contributed by atoms with Crippen LogP contribution in [-0.4, -0.2) is 32.3 Å². The van der Waals surface area contributed by atoms with Crippen LogP contribution in [0.4, 0.5) is 5.82 Å². The predicted molar refractivity (Wildman–Crippen MR) is 71.9 cm³/mol. The van der Waals surface area contributed by atoms with E-state index >= 15 is 0 Å². The summed E-state index contributed by atoms with van der Waals surface area (Å²) >= 11 is 0. The van der Waals surface area contributed by atoms with Crippen LogP contribution in [0.3, 0.4) is 0 Å². The first kappa shape index (κ1) is 11.4. The van der Waals surface area contributed by atoms with Gasteiger partial charge in [-0.05, 0) is 13.8 Å². The highest BCUT2D eigenvalue weighted by Crippen LogP contribution is 2.33. The Morgan fingerprint density at radius 3 is 2.50 bits per heavy atom. The van der Waals surface area contributed by atoms with E-state index in [2.05, 4.69) is 35.8 Å². The lowest BCUT2D eigenvalue weighted by Crippen LogP contribution is -2.07. The van der Waals surface area contributed by atoms with Crippen molar-refractivity contribution in [2.45, 2.75) is 39.7 Å².